The van der Waals surface area contributed by atoms with Gasteiger partial charge in [0.15, 0.2) is 0 Å². The largest absolute Gasteiger partial charge is 0.330 e. The molecule has 2 aliphatic rings. The topological polar surface area (TPSA) is 67.2 Å². The van der Waals surface area contributed by atoms with Gasteiger partial charge in [0.2, 0.25) is 0 Å². The first-order valence-electron chi connectivity index (χ1n) is 9.03. The molecule has 0 unspecified atom stereocenters. The van der Waals surface area contributed by atoms with Crippen LogP contribution in [0.5, 0.6) is 0 Å². The average Bonchev–Trinajstić information content (AvgIpc) is 3.36. The van der Waals surface area contributed by atoms with Crippen LogP contribution in [0.15, 0.2) is 24.8 Å². The molecule has 132 valence electrons. The molecule has 0 aromatic carbocycles. The third-order valence-electron chi connectivity index (χ3n) is 5.09. The minimum Gasteiger partial charge on any atom is -0.330 e. The zero-order chi connectivity index (χ0) is 17.2. The molecule has 1 atom stereocenters. The number of aryl methyl sites for hydroxylation is 1. The molecule has 7 heteroatoms. The quantitative estimate of drug-likeness (QED) is 0.849. The van der Waals surface area contributed by atoms with Crippen molar-refractivity contribution in [3.63, 3.8) is 0 Å². The molecule has 0 saturated carbocycles. The Kier molecular flexibility index (Phi) is 4.48. The van der Waals surface area contributed by atoms with Crippen molar-refractivity contribution in [1.82, 2.24) is 29.5 Å². The Hall–Kier alpha value is -2.28. The highest BCUT2D eigenvalue weighted by Crippen LogP contribution is 2.32. The van der Waals surface area contributed by atoms with Crippen LogP contribution >= 0.6 is 0 Å². The molecule has 0 bridgehead atoms. The summed E-state index contributed by atoms with van der Waals surface area (Å²) in [6, 6.07) is 0.0127. The van der Waals surface area contributed by atoms with Crippen molar-refractivity contribution in [2.45, 2.75) is 38.3 Å². The van der Waals surface area contributed by atoms with Crippen LogP contribution in [0.1, 0.15) is 53.5 Å². The number of hydrogen-bond donors (Lipinski definition) is 0. The molecule has 0 aliphatic carbocycles. The Balaban J connectivity index is 1.52. The average molecular weight is 340 g/mol. The number of carbonyl (C=O) groups is 1. The number of rotatable bonds is 4. The summed E-state index contributed by atoms with van der Waals surface area (Å²) in [5.41, 5.74) is 2.54. The van der Waals surface area contributed by atoms with Crippen molar-refractivity contribution >= 4 is 5.91 Å². The Bertz CT molecular complexity index is 752. The predicted molar refractivity (Wildman–Crippen MR) is 92.8 cm³/mol. The molecule has 4 heterocycles. The summed E-state index contributed by atoms with van der Waals surface area (Å²) in [6.07, 6.45) is 11.5. The maximum absolute atomic E-state index is 12.8. The molecule has 2 aromatic rings. The lowest BCUT2D eigenvalue weighted by Gasteiger charge is -2.24. The lowest BCUT2D eigenvalue weighted by atomic mass is 10.1. The van der Waals surface area contributed by atoms with Crippen molar-refractivity contribution < 1.29 is 4.79 Å². The van der Waals surface area contributed by atoms with Gasteiger partial charge in [0.1, 0.15) is 0 Å². The van der Waals surface area contributed by atoms with Gasteiger partial charge in [-0.2, -0.15) is 5.10 Å². The van der Waals surface area contributed by atoms with E-state index in [-0.39, 0.29) is 11.9 Å². The highest BCUT2D eigenvalue weighted by molar-refractivity contribution is 5.94. The zero-order valence-corrected chi connectivity index (χ0v) is 14.6. The van der Waals surface area contributed by atoms with E-state index in [1.54, 1.807) is 17.1 Å². The van der Waals surface area contributed by atoms with Gasteiger partial charge in [0, 0.05) is 32.5 Å². The van der Waals surface area contributed by atoms with E-state index in [0.717, 1.165) is 50.4 Å². The molecule has 2 fully saturated rings. The van der Waals surface area contributed by atoms with Gasteiger partial charge in [-0.3, -0.25) is 24.3 Å². The number of carbonyl (C=O) groups excluding carboxylic acids is 1. The molecule has 25 heavy (non-hydrogen) atoms. The molecule has 1 amide bonds. The van der Waals surface area contributed by atoms with Crippen LogP contribution in [-0.4, -0.2) is 55.1 Å². The summed E-state index contributed by atoms with van der Waals surface area (Å²) in [5, 5.41) is 4.11. The van der Waals surface area contributed by atoms with E-state index in [9.17, 15) is 4.79 Å². The Morgan fingerprint density at radius 2 is 2.00 bits per heavy atom. The number of hydrogen-bond acceptors (Lipinski definition) is 5. The summed E-state index contributed by atoms with van der Waals surface area (Å²) >= 11 is 0. The van der Waals surface area contributed by atoms with Crippen LogP contribution in [0.3, 0.4) is 0 Å². The minimum atomic E-state index is 0.0127. The number of likely N-dealkylation sites (tertiary alicyclic amines) is 2. The summed E-state index contributed by atoms with van der Waals surface area (Å²) < 4.78 is 1.66. The SMILES string of the molecule is Cn1cc(C(=O)N2CCC[C@@H]2c2cncc(CN3CCCC3)n2)cn1. The van der Waals surface area contributed by atoms with Crippen molar-refractivity contribution in [3.05, 3.63) is 41.7 Å². The molecular formula is C18H24N6O. The Morgan fingerprint density at radius 1 is 1.16 bits per heavy atom. The van der Waals surface area contributed by atoms with Gasteiger partial charge in [0.25, 0.3) is 5.91 Å². The molecule has 2 saturated heterocycles. The Morgan fingerprint density at radius 3 is 2.76 bits per heavy atom. The summed E-state index contributed by atoms with van der Waals surface area (Å²) in [7, 11) is 1.82. The molecule has 2 aromatic heterocycles. The number of aromatic nitrogens is 4. The number of nitrogens with zero attached hydrogens (tertiary/aromatic N) is 6. The van der Waals surface area contributed by atoms with Crippen molar-refractivity contribution in [1.29, 1.82) is 0 Å². The second-order valence-electron chi connectivity index (χ2n) is 6.98. The summed E-state index contributed by atoms with van der Waals surface area (Å²) in [5.74, 6) is 0.0299. The third-order valence-corrected chi connectivity index (χ3v) is 5.09. The first kappa shape index (κ1) is 16.2. The maximum atomic E-state index is 12.8. The second-order valence-corrected chi connectivity index (χ2v) is 6.98. The van der Waals surface area contributed by atoms with Crippen LogP contribution in [-0.2, 0) is 13.6 Å². The lowest BCUT2D eigenvalue weighted by Crippen LogP contribution is -2.31. The fraction of sp³-hybridized carbons (Fsp3) is 0.556. The first-order valence-corrected chi connectivity index (χ1v) is 9.03. The van der Waals surface area contributed by atoms with Crippen molar-refractivity contribution in [2.75, 3.05) is 19.6 Å². The van der Waals surface area contributed by atoms with E-state index in [4.69, 9.17) is 4.98 Å². The predicted octanol–water partition coefficient (Wildman–Crippen LogP) is 1.78. The molecule has 4 rings (SSSR count). The third kappa shape index (κ3) is 3.42. The fourth-order valence-electron chi connectivity index (χ4n) is 3.84. The summed E-state index contributed by atoms with van der Waals surface area (Å²) in [6.45, 7) is 3.89. The lowest BCUT2D eigenvalue weighted by molar-refractivity contribution is 0.0732. The Labute approximate surface area is 147 Å². The second kappa shape index (κ2) is 6.92. The van der Waals surface area contributed by atoms with E-state index in [1.165, 1.54) is 12.8 Å². The van der Waals surface area contributed by atoms with Crippen LogP contribution < -0.4 is 0 Å². The van der Waals surface area contributed by atoms with E-state index in [0.29, 0.717) is 5.56 Å². The van der Waals surface area contributed by atoms with E-state index in [2.05, 4.69) is 15.0 Å². The smallest absolute Gasteiger partial charge is 0.257 e. The zero-order valence-electron chi connectivity index (χ0n) is 14.6. The van der Waals surface area contributed by atoms with Gasteiger partial charge in [-0.15, -0.1) is 0 Å². The summed E-state index contributed by atoms with van der Waals surface area (Å²) in [4.78, 5) is 26.4. The molecule has 0 N–H and O–H groups in total. The van der Waals surface area contributed by atoms with Crippen LogP contribution in [0.25, 0.3) is 0 Å². The maximum Gasteiger partial charge on any atom is 0.257 e. The molecular weight excluding hydrogens is 316 g/mol. The van der Waals surface area contributed by atoms with Crippen LogP contribution in [0.2, 0.25) is 0 Å². The van der Waals surface area contributed by atoms with Gasteiger partial charge < -0.3 is 4.90 Å². The molecule has 2 aliphatic heterocycles. The highest BCUT2D eigenvalue weighted by atomic mass is 16.2. The first-order chi connectivity index (χ1) is 12.2. The normalized spacial score (nSPS) is 21.2. The fourth-order valence-corrected chi connectivity index (χ4v) is 3.84. The van der Waals surface area contributed by atoms with Gasteiger partial charge >= 0.3 is 0 Å². The van der Waals surface area contributed by atoms with E-state index >= 15 is 0 Å². The van der Waals surface area contributed by atoms with Gasteiger partial charge in [-0.05, 0) is 38.8 Å². The molecule has 7 nitrogen and oxygen atoms in total. The van der Waals surface area contributed by atoms with Gasteiger partial charge in [-0.1, -0.05) is 0 Å². The van der Waals surface area contributed by atoms with Crippen molar-refractivity contribution in [3.8, 4) is 0 Å². The van der Waals surface area contributed by atoms with E-state index in [1.807, 2.05) is 24.3 Å². The van der Waals surface area contributed by atoms with Gasteiger partial charge in [-0.25, -0.2) is 0 Å². The van der Waals surface area contributed by atoms with Crippen LogP contribution in [0.4, 0.5) is 0 Å². The van der Waals surface area contributed by atoms with E-state index < -0.39 is 0 Å². The van der Waals surface area contributed by atoms with Gasteiger partial charge in [0.05, 0.1) is 35.4 Å². The number of amides is 1. The monoisotopic (exact) mass is 340 g/mol. The minimum absolute atomic E-state index is 0.0127. The molecule has 0 spiro atoms. The molecule has 0 radical (unpaired) electrons. The highest BCUT2D eigenvalue weighted by Gasteiger charge is 2.32. The van der Waals surface area contributed by atoms with Crippen molar-refractivity contribution in [2.24, 2.45) is 7.05 Å². The standard InChI is InChI=1S/C18H24N6O/c1-22-12-14(9-20-22)18(25)24-8-4-5-17(24)16-11-19-10-15(21-16)13-23-6-2-3-7-23/h9-12,17H,2-8,13H2,1H3/t17-/m1/s1. The van der Waals surface area contributed by atoms with Crippen LogP contribution in [0, 0.1) is 0 Å².